The smallest absolute Gasteiger partial charge is 0.0146 e. The Morgan fingerprint density at radius 2 is 1.88 bits per heavy atom. The molecule has 0 aliphatic carbocycles. The van der Waals surface area contributed by atoms with Gasteiger partial charge in [0.15, 0.2) is 0 Å². The molecule has 3 nitrogen and oxygen atoms in total. The highest BCUT2D eigenvalue weighted by molar-refractivity contribution is 4.86. The van der Waals surface area contributed by atoms with E-state index in [9.17, 15) is 0 Å². The fourth-order valence-electron chi connectivity index (χ4n) is 3.34. The highest BCUT2D eigenvalue weighted by atomic mass is 15.3. The molecular formula is C14H29N3. The minimum absolute atomic E-state index is 0.805. The maximum absolute atomic E-state index is 3.50. The predicted molar refractivity (Wildman–Crippen MR) is 73.3 cm³/mol. The van der Waals surface area contributed by atoms with E-state index in [0.29, 0.717) is 0 Å². The van der Waals surface area contributed by atoms with Crippen LogP contribution in [0, 0.1) is 11.8 Å². The van der Waals surface area contributed by atoms with Gasteiger partial charge in [0.25, 0.3) is 0 Å². The zero-order valence-corrected chi connectivity index (χ0v) is 11.8. The van der Waals surface area contributed by atoms with E-state index in [2.05, 4.69) is 35.9 Å². The van der Waals surface area contributed by atoms with Crippen LogP contribution in [-0.4, -0.2) is 61.7 Å². The molecule has 0 aromatic heterocycles. The Morgan fingerprint density at radius 1 is 1.18 bits per heavy atom. The summed E-state index contributed by atoms with van der Waals surface area (Å²) >= 11 is 0. The lowest BCUT2D eigenvalue weighted by Gasteiger charge is -2.43. The Hall–Kier alpha value is -0.120. The van der Waals surface area contributed by atoms with Gasteiger partial charge in [0.1, 0.15) is 0 Å². The third-order valence-electron chi connectivity index (χ3n) is 4.24. The number of rotatable bonds is 3. The van der Waals surface area contributed by atoms with Crippen LogP contribution >= 0.6 is 0 Å². The molecule has 2 heterocycles. The molecule has 0 radical (unpaired) electrons. The highest BCUT2D eigenvalue weighted by Crippen LogP contribution is 2.19. The van der Waals surface area contributed by atoms with Crippen LogP contribution in [0.5, 0.6) is 0 Å². The highest BCUT2D eigenvalue weighted by Gasteiger charge is 2.29. The van der Waals surface area contributed by atoms with E-state index in [-0.39, 0.29) is 0 Å². The van der Waals surface area contributed by atoms with Crippen molar-refractivity contribution < 1.29 is 0 Å². The van der Waals surface area contributed by atoms with E-state index >= 15 is 0 Å². The second kappa shape index (κ2) is 6.17. The standard InChI is InChI=1S/C14H29N3/c1-12(2)11-16-6-8-17(9-7-16)14-4-5-15-10-13(14)3/h12-15H,4-11H2,1-3H3. The Bertz CT molecular complexity index is 222. The molecule has 2 saturated heterocycles. The SMILES string of the molecule is CC(C)CN1CCN(C2CCNCC2C)CC1. The van der Waals surface area contributed by atoms with Crippen molar-refractivity contribution >= 4 is 0 Å². The van der Waals surface area contributed by atoms with Crippen LogP contribution in [0.2, 0.25) is 0 Å². The predicted octanol–water partition coefficient (Wildman–Crippen LogP) is 1.26. The molecule has 2 unspecified atom stereocenters. The molecule has 0 saturated carbocycles. The summed E-state index contributed by atoms with van der Waals surface area (Å²) in [4.78, 5) is 5.37. The summed E-state index contributed by atoms with van der Waals surface area (Å²) in [6, 6.07) is 0.831. The van der Waals surface area contributed by atoms with Crippen molar-refractivity contribution in [3.63, 3.8) is 0 Å². The quantitative estimate of drug-likeness (QED) is 0.800. The first-order valence-corrected chi connectivity index (χ1v) is 7.34. The number of piperazine rings is 1. The van der Waals surface area contributed by atoms with Crippen LogP contribution in [0.4, 0.5) is 0 Å². The van der Waals surface area contributed by atoms with Crippen molar-refractivity contribution in [1.82, 2.24) is 15.1 Å². The van der Waals surface area contributed by atoms with E-state index in [1.807, 2.05) is 0 Å². The molecule has 2 aliphatic heterocycles. The van der Waals surface area contributed by atoms with Crippen LogP contribution < -0.4 is 5.32 Å². The van der Waals surface area contributed by atoms with Crippen LogP contribution in [0.15, 0.2) is 0 Å². The zero-order valence-electron chi connectivity index (χ0n) is 11.8. The van der Waals surface area contributed by atoms with E-state index in [1.54, 1.807) is 0 Å². The monoisotopic (exact) mass is 239 g/mol. The first-order chi connectivity index (χ1) is 8.16. The molecule has 0 aromatic rings. The lowest BCUT2D eigenvalue weighted by molar-refractivity contribution is 0.0550. The zero-order chi connectivity index (χ0) is 12.3. The molecule has 2 aliphatic rings. The van der Waals surface area contributed by atoms with Crippen molar-refractivity contribution in [2.75, 3.05) is 45.8 Å². The average Bonchev–Trinajstić information content (AvgIpc) is 2.30. The molecule has 100 valence electrons. The van der Waals surface area contributed by atoms with Crippen LogP contribution in [0.1, 0.15) is 27.2 Å². The van der Waals surface area contributed by atoms with E-state index in [1.165, 1.54) is 52.2 Å². The minimum Gasteiger partial charge on any atom is -0.316 e. The maximum Gasteiger partial charge on any atom is 0.0146 e. The summed E-state index contributed by atoms with van der Waals surface area (Å²) < 4.78 is 0. The molecule has 0 aromatic carbocycles. The summed E-state index contributed by atoms with van der Waals surface area (Å²) in [5.41, 5.74) is 0. The van der Waals surface area contributed by atoms with Crippen LogP contribution in [-0.2, 0) is 0 Å². The Labute approximate surface area is 107 Å². The number of nitrogens with one attached hydrogen (secondary N) is 1. The largest absolute Gasteiger partial charge is 0.316 e. The molecular weight excluding hydrogens is 210 g/mol. The average molecular weight is 239 g/mol. The third-order valence-corrected chi connectivity index (χ3v) is 4.24. The van der Waals surface area contributed by atoms with Gasteiger partial charge in [0, 0.05) is 38.8 Å². The molecule has 2 atom stereocenters. The van der Waals surface area contributed by atoms with Gasteiger partial charge in [0.2, 0.25) is 0 Å². The van der Waals surface area contributed by atoms with Gasteiger partial charge in [-0.3, -0.25) is 4.90 Å². The van der Waals surface area contributed by atoms with Gasteiger partial charge >= 0.3 is 0 Å². The number of piperidine rings is 1. The summed E-state index contributed by atoms with van der Waals surface area (Å²) in [5, 5.41) is 3.50. The summed E-state index contributed by atoms with van der Waals surface area (Å²) in [6.07, 6.45) is 1.34. The molecule has 0 spiro atoms. The maximum atomic E-state index is 3.50. The van der Waals surface area contributed by atoms with Gasteiger partial charge < -0.3 is 10.2 Å². The molecule has 0 amide bonds. The van der Waals surface area contributed by atoms with Crippen molar-refractivity contribution in [1.29, 1.82) is 0 Å². The van der Waals surface area contributed by atoms with Gasteiger partial charge in [0.05, 0.1) is 0 Å². The van der Waals surface area contributed by atoms with Gasteiger partial charge in [-0.15, -0.1) is 0 Å². The fraction of sp³-hybridized carbons (Fsp3) is 1.00. The summed E-state index contributed by atoms with van der Waals surface area (Å²) in [5.74, 6) is 1.62. The number of hydrogen-bond donors (Lipinski definition) is 1. The molecule has 1 N–H and O–H groups in total. The second-order valence-electron chi connectivity index (χ2n) is 6.27. The van der Waals surface area contributed by atoms with Crippen molar-refractivity contribution in [2.45, 2.75) is 33.2 Å². The lowest BCUT2D eigenvalue weighted by atomic mass is 9.93. The number of nitrogens with zero attached hydrogens (tertiary/aromatic N) is 2. The van der Waals surface area contributed by atoms with E-state index < -0.39 is 0 Å². The molecule has 0 bridgehead atoms. The van der Waals surface area contributed by atoms with Crippen LogP contribution in [0.25, 0.3) is 0 Å². The topological polar surface area (TPSA) is 18.5 Å². The second-order valence-corrected chi connectivity index (χ2v) is 6.27. The first-order valence-electron chi connectivity index (χ1n) is 7.34. The van der Waals surface area contributed by atoms with E-state index in [4.69, 9.17) is 0 Å². The van der Waals surface area contributed by atoms with Crippen molar-refractivity contribution in [3.05, 3.63) is 0 Å². The number of hydrogen-bond acceptors (Lipinski definition) is 3. The van der Waals surface area contributed by atoms with Gasteiger partial charge in [-0.1, -0.05) is 20.8 Å². The summed E-state index contributed by atoms with van der Waals surface area (Å²) in [7, 11) is 0. The molecule has 17 heavy (non-hydrogen) atoms. The van der Waals surface area contributed by atoms with Gasteiger partial charge in [-0.05, 0) is 31.3 Å². The first kappa shape index (κ1) is 13.3. The fourth-order valence-corrected chi connectivity index (χ4v) is 3.34. The van der Waals surface area contributed by atoms with Crippen molar-refractivity contribution in [3.8, 4) is 0 Å². The Morgan fingerprint density at radius 3 is 2.47 bits per heavy atom. The van der Waals surface area contributed by atoms with Crippen molar-refractivity contribution in [2.24, 2.45) is 11.8 Å². The Kier molecular flexibility index (Phi) is 4.83. The van der Waals surface area contributed by atoms with Crippen LogP contribution in [0.3, 0.4) is 0 Å². The molecule has 3 heteroatoms. The summed E-state index contributed by atoms with van der Waals surface area (Å²) in [6.45, 7) is 15.8. The van der Waals surface area contributed by atoms with E-state index in [0.717, 1.165) is 17.9 Å². The molecule has 2 fully saturated rings. The Balaban J connectivity index is 1.78. The third kappa shape index (κ3) is 3.67. The minimum atomic E-state index is 0.805. The normalized spacial score (nSPS) is 33.2. The van der Waals surface area contributed by atoms with Gasteiger partial charge in [-0.2, -0.15) is 0 Å². The lowest BCUT2D eigenvalue weighted by Crippen LogP contribution is -2.55. The molecule has 2 rings (SSSR count). The van der Waals surface area contributed by atoms with Gasteiger partial charge in [-0.25, -0.2) is 0 Å².